The molecule has 6 nitrogen and oxygen atoms in total. The van der Waals surface area contributed by atoms with Crippen molar-refractivity contribution >= 4 is 29.4 Å². The minimum absolute atomic E-state index is 0.0725. The molecule has 0 bridgehead atoms. The number of carbonyl (C=O) groups is 3. The molecular formula is C23H25NO5. The molecule has 2 aromatic carbocycles. The summed E-state index contributed by atoms with van der Waals surface area (Å²) >= 11 is 0. The molecule has 0 aliphatic heterocycles. The summed E-state index contributed by atoms with van der Waals surface area (Å²) in [5.41, 5.74) is 1.79. The van der Waals surface area contributed by atoms with Gasteiger partial charge in [0.15, 0.2) is 6.10 Å². The van der Waals surface area contributed by atoms with Crippen molar-refractivity contribution in [2.24, 2.45) is 0 Å². The smallest absolute Gasteiger partial charge is 0.331 e. The second kappa shape index (κ2) is 10.8. The zero-order valence-corrected chi connectivity index (χ0v) is 16.8. The second-order valence-corrected chi connectivity index (χ2v) is 6.43. The molecule has 1 amide bonds. The molecule has 1 atom stereocenters. The lowest BCUT2D eigenvalue weighted by molar-refractivity contribution is -0.140. The molecule has 0 spiro atoms. The van der Waals surface area contributed by atoms with Gasteiger partial charge in [-0.3, -0.25) is 9.59 Å². The Morgan fingerprint density at radius 3 is 2.48 bits per heavy atom. The molecule has 2 aromatic rings. The van der Waals surface area contributed by atoms with Crippen LogP contribution < -0.4 is 10.1 Å². The number of ether oxygens (including phenoxy) is 2. The summed E-state index contributed by atoms with van der Waals surface area (Å²) < 4.78 is 10.3. The summed E-state index contributed by atoms with van der Waals surface area (Å²) in [6.45, 7) is 3.45. The van der Waals surface area contributed by atoms with Crippen LogP contribution in [0.15, 0.2) is 54.6 Å². The standard InChI is InChI=1S/C23H25NO5/c1-4-6-21(25)24-19-12-10-18(11-13-19)23(27)16(2)29-22(26)14-9-17-7-5-8-20(15-17)28-3/h5,7-16H,4,6H2,1-3H3,(H,24,25)/b14-9+. The van der Waals surface area contributed by atoms with Gasteiger partial charge in [0.25, 0.3) is 0 Å². The van der Waals surface area contributed by atoms with Crippen LogP contribution in [0.25, 0.3) is 6.08 Å². The molecule has 0 aliphatic rings. The van der Waals surface area contributed by atoms with Crippen LogP contribution in [0.4, 0.5) is 5.69 Å². The Bertz CT molecular complexity index is 886. The van der Waals surface area contributed by atoms with Gasteiger partial charge in [0.2, 0.25) is 11.7 Å². The highest BCUT2D eigenvalue weighted by molar-refractivity contribution is 6.01. The van der Waals surface area contributed by atoms with E-state index in [0.717, 1.165) is 12.0 Å². The van der Waals surface area contributed by atoms with Crippen LogP contribution in [0.5, 0.6) is 5.75 Å². The maximum atomic E-state index is 12.5. The second-order valence-electron chi connectivity index (χ2n) is 6.43. The third kappa shape index (κ3) is 6.92. The first-order valence-corrected chi connectivity index (χ1v) is 9.39. The molecule has 2 rings (SSSR count). The topological polar surface area (TPSA) is 81.7 Å². The highest BCUT2D eigenvalue weighted by Gasteiger charge is 2.18. The van der Waals surface area contributed by atoms with Crippen LogP contribution in [0.1, 0.15) is 42.6 Å². The molecule has 29 heavy (non-hydrogen) atoms. The van der Waals surface area contributed by atoms with Gasteiger partial charge in [-0.1, -0.05) is 19.1 Å². The van der Waals surface area contributed by atoms with E-state index in [1.54, 1.807) is 49.6 Å². The van der Waals surface area contributed by atoms with Crippen LogP contribution in [-0.2, 0) is 14.3 Å². The molecule has 6 heteroatoms. The Labute approximate surface area is 170 Å². The largest absolute Gasteiger partial charge is 0.497 e. The number of rotatable bonds is 9. The lowest BCUT2D eigenvalue weighted by atomic mass is 10.1. The van der Waals surface area contributed by atoms with Gasteiger partial charge in [0, 0.05) is 23.7 Å². The van der Waals surface area contributed by atoms with E-state index in [1.165, 1.54) is 13.0 Å². The van der Waals surface area contributed by atoms with Crippen LogP contribution in [-0.4, -0.2) is 30.9 Å². The number of carbonyl (C=O) groups excluding carboxylic acids is 3. The molecule has 0 saturated carbocycles. The van der Waals surface area contributed by atoms with Gasteiger partial charge < -0.3 is 14.8 Å². The van der Waals surface area contributed by atoms with E-state index in [-0.39, 0.29) is 11.7 Å². The minimum atomic E-state index is -0.932. The van der Waals surface area contributed by atoms with Crippen molar-refractivity contribution in [3.8, 4) is 5.75 Å². The number of hydrogen-bond donors (Lipinski definition) is 1. The van der Waals surface area contributed by atoms with E-state index in [9.17, 15) is 14.4 Å². The molecule has 1 N–H and O–H groups in total. The van der Waals surface area contributed by atoms with E-state index in [0.29, 0.717) is 23.4 Å². The van der Waals surface area contributed by atoms with Crippen LogP contribution >= 0.6 is 0 Å². The maximum absolute atomic E-state index is 12.5. The molecule has 0 heterocycles. The summed E-state index contributed by atoms with van der Waals surface area (Å²) in [6, 6.07) is 13.7. The molecule has 0 aliphatic carbocycles. The van der Waals surface area contributed by atoms with E-state index in [1.807, 2.05) is 19.1 Å². The van der Waals surface area contributed by atoms with E-state index in [4.69, 9.17) is 9.47 Å². The number of amides is 1. The van der Waals surface area contributed by atoms with Crippen LogP contribution in [0, 0.1) is 0 Å². The van der Waals surface area contributed by atoms with E-state index < -0.39 is 12.1 Å². The predicted octanol–water partition coefficient (Wildman–Crippen LogP) is 4.26. The van der Waals surface area contributed by atoms with Crippen molar-refractivity contribution < 1.29 is 23.9 Å². The number of nitrogens with one attached hydrogen (secondary N) is 1. The molecule has 0 aromatic heterocycles. The highest BCUT2D eigenvalue weighted by atomic mass is 16.5. The van der Waals surface area contributed by atoms with E-state index in [2.05, 4.69) is 5.32 Å². The average Bonchev–Trinajstić information content (AvgIpc) is 2.72. The quantitative estimate of drug-likeness (QED) is 0.390. The Hall–Kier alpha value is -3.41. The Morgan fingerprint density at radius 1 is 1.10 bits per heavy atom. The first kappa shape index (κ1) is 21.9. The fraction of sp³-hybridized carbons (Fsp3) is 0.261. The number of benzene rings is 2. The molecular weight excluding hydrogens is 370 g/mol. The van der Waals surface area contributed by atoms with Gasteiger partial charge in [0.1, 0.15) is 5.75 Å². The van der Waals surface area contributed by atoms with Gasteiger partial charge >= 0.3 is 5.97 Å². The third-order valence-electron chi connectivity index (χ3n) is 4.10. The van der Waals surface area contributed by atoms with Crippen molar-refractivity contribution in [2.75, 3.05) is 12.4 Å². The van der Waals surface area contributed by atoms with Gasteiger partial charge in [-0.05, 0) is 61.4 Å². The summed E-state index contributed by atoms with van der Waals surface area (Å²) in [7, 11) is 1.57. The van der Waals surface area contributed by atoms with Crippen molar-refractivity contribution in [3.05, 3.63) is 65.7 Å². The number of anilines is 1. The Balaban J connectivity index is 1.92. The number of esters is 1. The number of hydrogen-bond acceptors (Lipinski definition) is 5. The van der Waals surface area contributed by atoms with Crippen LogP contribution in [0.3, 0.4) is 0 Å². The van der Waals surface area contributed by atoms with Gasteiger partial charge in [-0.15, -0.1) is 0 Å². The van der Waals surface area contributed by atoms with Crippen molar-refractivity contribution in [1.82, 2.24) is 0 Å². The first-order chi connectivity index (χ1) is 13.9. The molecule has 152 valence electrons. The lowest BCUT2D eigenvalue weighted by Crippen LogP contribution is -2.23. The van der Waals surface area contributed by atoms with Crippen LogP contribution in [0.2, 0.25) is 0 Å². The first-order valence-electron chi connectivity index (χ1n) is 9.39. The summed E-state index contributed by atoms with van der Waals surface area (Å²) in [6.07, 6.45) is 3.13. The Kier molecular flexibility index (Phi) is 8.15. The number of ketones is 1. The normalized spacial score (nSPS) is 11.7. The lowest BCUT2D eigenvalue weighted by Gasteiger charge is -2.11. The van der Waals surface area contributed by atoms with Crippen molar-refractivity contribution in [1.29, 1.82) is 0 Å². The molecule has 0 saturated heterocycles. The summed E-state index contributed by atoms with van der Waals surface area (Å²) in [5.74, 6) is -0.327. The van der Waals surface area contributed by atoms with Crippen molar-refractivity contribution in [2.45, 2.75) is 32.8 Å². The SMILES string of the molecule is CCCC(=O)Nc1ccc(C(=O)C(C)OC(=O)/C=C/c2cccc(OC)c2)cc1. The summed E-state index contributed by atoms with van der Waals surface area (Å²) in [4.78, 5) is 36.1. The van der Waals surface area contributed by atoms with Crippen molar-refractivity contribution in [3.63, 3.8) is 0 Å². The predicted molar refractivity (Wildman–Crippen MR) is 112 cm³/mol. The minimum Gasteiger partial charge on any atom is -0.497 e. The Morgan fingerprint density at radius 2 is 1.83 bits per heavy atom. The zero-order chi connectivity index (χ0) is 21.2. The fourth-order valence-corrected chi connectivity index (χ4v) is 2.58. The maximum Gasteiger partial charge on any atom is 0.331 e. The molecule has 0 fully saturated rings. The monoisotopic (exact) mass is 395 g/mol. The highest BCUT2D eigenvalue weighted by Crippen LogP contribution is 2.15. The van der Waals surface area contributed by atoms with E-state index >= 15 is 0 Å². The fourth-order valence-electron chi connectivity index (χ4n) is 2.58. The molecule has 1 unspecified atom stereocenters. The number of Topliss-reactive ketones (excluding diaryl/α,β-unsaturated/α-hetero) is 1. The van der Waals surface area contributed by atoms with Gasteiger partial charge in [-0.25, -0.2) is 4.79 Å². The van der Waals surface area contributed by atoms with Gasteiger partial charge in [0.05, 0.1) is 7.11 Å². The number of methoxy groups -OCH3 is 1. The average molecular weight is 395 g/mol. The van der Waals surface area contributed by atoms with Gasteiger partial charge in [-0.2, -0.15) is 0 Å². The third-order valence-corrected chi connectivity index (χ3v) is 4.10. The molecule has 0 radical (unpaired) electrons. The zero-order valence-electron chi connectivity index (χ0n) is 16.8. The summed E-state index contributed by atoms with van der Waals surface area (Å²) in [5, 5.41) is 2.76.